The maximum atomic E-state index is 5.14. The average Bonchev–Trinajstić information content (AvgIpc) is 2.69. The Hall–Kier alpha value is -0.0800. The number of ether oxygens (including phenoxy) is 1. The van der Waals surface area contributed by atoms with Crippen LogP contribution in [0.4, 0.5) is 0 Å². The van der Waals surface area contributed by atoms with Crippen molar-refractivity contribution in [2.24, 2.45) is 0 Å². The fourth-order valence-corrected chi connectivity index (χ4v) is 0.982. The van der Waals surface area contributed by atoms with Gasteiger partial charge in [-0.2, -0.15) is 0 Å². The molecule has 2 nitrogen and oxygen atoms in total. The molecule has 0 aliphatic carbocycles. The second-order valence-corrected chi connectivity index (χ2v) is 2.97. The van der Waals surface area contributed by atoms with Gasteiger partial charge in [0.2, 0.25) is 0 Å². The Balaban J connectivity index is 1.90. The minimum atomic E-state index is 0.511. The molecule has 0 aromatic heterocycles. The molecule has 2 atom stereocenters. The predicted octanol–water partition coefficient (Wildman–Crippen LogP) is 1.16. The van der Waals surface area contributed by atoms with Crippen LogP contribution in [0.25, 0.3) is 0 Å². The molecule has 0 spiro atoms. The molecular weight excluding hydrogens is 126 g/mol. The summed E-state index contributed by atoms with van der Waals surface area (Å²) in [6.07, 6.45) is 3.05. The van der Waals surface area contributed by atoms with Gasteiger partial charge in [0.15, 0.2) is 0 Å². The quantitative estimate of drug-likeness (QED) is 0.461. The lowest BCUT2D eigenvalue weighted by Crippen LogP contribution is -2.31. The lowest BCUT2D eigenvalue weighted by Gasteiger charge is -2.09. The molecule has 0 saturated carbocycles. The van der Waals surface area contributed by atoms with E-state index >= 15 is 0 Å². The van der Waals surface area contributed by atoms with Gasteiger partial charge in [-0.25, -0.2) is 0 Å². The summed E-state index contributed by atoms with van der Waals surface area (Å²) in [5.74, 6) is 0. The summed E-state index contributed by atoms with van der Waals surface area (Å²) in [5, 5.41) is 3.42. The average molecular weight is 143 g/mol. The smallest absolute Gasteiger partial charge is 0.0959 e. The van der Waals surface area contributed by atoms with Crippen LogP contribution in [0.2, 0.25) is 0 Å². The molecule has 10 heavy (non-hydrogen) atoms. The Morgan fingerprint density at radius 3 is 2.90 bits per heavy atom. The summed E-state index contributed by atoms with van der Waals surface area (Å²) in [7, 11) is 0. The number of unbranched alkanes of at least 4 members (excludes halogenated alkanes) is 1. The molecule has 2 heteroatoms. The third kappa shape index (κ3) is 2.67. The Morgan fingerprint density at radius 2 is 2.40 bits per heavy atom. The molecule has 1 rings (SSSR count). The SMILES string of the molecule is CCCCNC(C)C1CO1. The van der Waals surface area contributed by atoms with Crippen LogP contribution in [-0.2, 0) is 4.74 Å². The summed E-state index contributed by atoms with van der Waals surface area (Å²) < 4.78 is 5.14. The van der Waals surface area contributed by atoms with Gasteiger partial charge < -0.3 is 10.1 Å². The van der Waals surface area contributed by atoms with Gasteiger partial charge in [0.05, 0.1) is 12.7 Å². The van der Waals surface area contributed by atoms with Crippen LogP contribution in [0.1, 0.15) is 26.7 Å². The first-order valence-corrected chi connectivity index (χ1v) is 4.19. The Kier molecular flexibility index (Phi) is 3.16. The summed E-state index contributed by atoms with van der Waals surface area (Å²) >= 11 is 0. The maximum absolute atomic E-state index is 5.14. The largest absolute Gasteiger partial charge is 0.371 e. The van der Waals surface area contributed by atoms with Crippen molar-refractivity contribution < 1.29 is 4.74 Å². The van der Waals surface area contributed by atoms with Crippen molar-refractivity contribution in [1.82, 2.24) is 5.32 Å². The number of hydrogen-bond donors (Lipinski definition) is 1. The van der Waals surface area contributed by atoms with E-state index in [0.717, 1.165) is 13.2 Å². The van der Waals surface area contributed by atoms with E-state index in [1.807, 2.05) is 0 Å². The maximum Gasteiger partial charge on any atom is 0.0959 e. The van der Waals surface area contributed by atoms with E-state index in [9.17, 15) is 0 Å². The zero-order chi connectivity index (χ0) is 7.40. The fraction of sp³-hybridized carbons (Fsp3) is 1.00. The first-order chi connectivity index (χ1) is 4.84. The van der Waals surface area contributed by atoms with Crippen molar-refractivity contribution in [1.29, 1.82) is 0 Å². The molecule has 1 aliphatic heterocycles. The standard InChI is InChI=1S/C8H17NO/c1-3-4-5-9-7(2)8-6-10-8/h7-9H,3-6H2,1-2H3. The van der Waals surface area contributed by atoms with E-state index in [1.54, 1.807) is 0 Å². The Bertz CT molecular complexity index is 91.3. The zero-order valence-corrected chi connectivity index (χ0v) is 6.89. The summed E-state index contributed by atoms with van der Waals surface area (Å²) in [5.41, 5.74) is 0. The number of nitrogens with one attached hydrogen (secondary N) is 1. The highest BCUT2D eigenvalue weighted by Crippen LogP contribution is 2.12. The van der Waals surface area contributed by atoms with Crippen molar-refractivity contribution >= 4 is 0 Å². The molecule has 1 heterocycles. The first kappa shape index (κ1) is 8.02. The molecule has 0 aromatic rings. The van der Waals surface area contributed by atoms with E-state index in [4.69, 9.17) is 4.74 Å². The highest BCUT2D eigenvalue weighted by atomic mass is 16.6. The summed E-state index contributed by atoms with van der Waals surface area (Å²) in [6, 6.07) is 0.562. The molecular formula is C8H17NO. The molecule has 1 saturated heterocycles. The number of rotatable bonds is 5. The van der Waals surface area contributed by atoms with E-state index in [1.165, 1.54) is 12.8 Å². The van der Waals surface area contributed by atoms with Gasteiger partial charge >= 0.3 is 0 Å². The van der Waals surface area contributed by atoms with Gasteiger partial charge in [0.1, 0.15) is 0 Å². The topological polar surface area (TPSA) is 24.6 Å². The second-order valence-electron chi connectivity index (χ2n) is 2.97. The highest BCUT2D eigenvalue weighted by molar-refractivity contribution is 4.80. The van der Waals surface area contributed by atoms with Crippen molar-refractivity contribution in [3.8, 4) is 0 Å². The van der Waals surface area contributed by atoms with E-state index in [0.29, 0.717) is 12.1 Å². The molecule has 1 aliphatic rings. The number of epoxide rings is 1. The predicted molar refractivity (Wildman–Crippen MR) is 42.1 cm³/mol. The van der Waals surface area contributed by atoms with E-state index in [2.05, 4.69) is 19.2 Å². The van der Waals surface area contributed by atoms with Crippen LogP contribution >= 0.6 is 0 Å². The lowest BCUT2D eigenvalue weighted by molar-refractivity contribution is 0.351. The summed E-state index contributed by atoms with van der Waals surface area (Å²) in [6.45, 7) is 6.49. The van der Waals surface area contributed by atoms with Crippen molar-refractivity contribution in [3.63, 3.8) is 0 Å². The minimum Gasteiger partial charge on any atom is -0.371 e. The molecule has 0 amide bonds. The fourth-order valence-electron chi connectivity index (χ4n) is 0.982. The molecule has 0 aromatic carbocycles. The highest BCUT2D eigenvalue weighted by Gasteiger charge is 2.28. The van der Waals surface area contributed by atoms with Gasteiger partial charge in [0, 0.05) is 6.04 Å². The lowest BCUT2D eigenvalue weighted by atomic mass is 10.2. The van der Waals surface area contributed by atoms with Gasteiger partial charge in [-0.3, -0.25) is 0 Å². The van der Waals surface area contributed by atoms with Crippen molar-refractivity contribution in [2.45, 2.75) is 38.8 Å². The summed E-state index contributed by atoms with van der Waals surface area (Å²) in [4.78, 5) is 0. The molecule has 1 N–H and O–H groups in total. The second kappa shape index (κ2) is 3.94. The molecule has 0 bridgehead atoms. The van der Waals surface area contributed by atoms with Crippen molar-refractivity contribution in [3.05, 3.63) is 0 Å². The third-order valence-corrected chi connectivity index (χ3v) is 1.91. The van der Waals surface area contributed by atoms with Gasteiger partial charge in [-0.15, -0.1) is 0 Å². The van der Waals surface area contributed by atoms with Crippen molar-refractivity contribution in [2.75, 3.05) is 13.2 Å². The van der Waals surface area contributed by atoms with Crippen LogP contribution < -0.4 is 5.32 Å². The van der Waals surface area contributed by atoms with Gasteiger partial charge in [-0.05, 0) is 19.9 Å². The van der Waals surface area contributed by atoms with E-state index < -0.39 is 0 Å². The third-order valence-electron chi connectivity index (χ3n) is 1.91. The van der Waals surface area contributed by atoms with E-state index in [-0.39, 0.29) is 0 Å². The minimum absolute atomic E-state index is 0.511. The molecule has 1 fully saturated rings. The zero-order valence-electron chi connectivity index (χ0n) is 6.89. The van der Waals surface area contributed by atoms with Crippen LogP contribution in [0.5, 0.6) is 0 Å². The van der Waals surface area contributed by atoms with Crippen LogP contribution in [-0.4, -0.2) is 25.3 Å². The van der Waals surface area contributed by atoms with Crippen LogP contribution in [0.3, 0.4) is 0 Å². The molecule has 0 radical (unpaired) electrons. The molecule has 60 valence electrons. The Labute approximate surface area is 63.0 Å². The monoisotopic (exact) mass is 143 g/mol. The number of hydrogen-bond acceptors (Lipinski definition) is 2. The van der Waals surface area contributed by atoms with Gasteiger partial charge in [-0.1, -0.05) is 13.3 Å². The van der Waals surface area contributed by atoms with Gasteiger partial charge in [0.25, 0.3) is 0 Å². The first-order valence-electron chi connectivity index (χ1n) is 4.19. The Morgan fingerprint density at radius 1 is 1.70 bits per heavy atom. The van der Waals surface area contributed by atoms with Crippen LogP contribution in [0.15, 0.2) is 0 Å². The normalized spacial score (nSPS) is 26.4. The van der Waals surface area contributed by atoms with Crippen LogP contribution in [0, 0.1) is 0 Å². The molecule has 2 unspecified atom stereocenters.